The lowest BCUT2D eigenvalue weighted by atomic mass is 10.1. The highest BCUT2D eigenvalue weighted by Gasteiger charge is 2.18. The van der Waals surface area contributed by atoms with E-state index >= 15 is 0 Å². The molecule has 0 fully saturated rings. The lowest BCUT2D eigenvalue weighted by molar-refractivity contribution is 0.102. The van der Waals surface area contributed by atoms with Crippen LogP contribution in [-0.2, 0) is 0 Å². The van der Waals surface area contributed by atoms with Crippen LogP contribution in [0.2, 0.25) is 5.02 Å². The van der Waals surface area contributed by atoms with Gasteiger partial charge in [-0.2, -0.15) is 5.10 Å². The summed E-state index contributed by atoms with van der Waals surface area (Å²) in [4.78, 5) is 12.5. The van der Waals surface area contributed by atoms with Gasteiger partial charge in [0.25, 0.3) is 5.91 Å². The Labute approximate surface area is 135 Å². The topological polar surface area (TPSA) is 56.1 Å². The minimum atomic E-state index is -0.247. The molecule has 1 amide bonds. The highest BCUT2D eigenvalue weighted by atomic mass is 35.5. The van der Waals surface area contributed by atoms with Crippen LogP contribution in [0.1, 0.15) is 41.6 Å². The highest BCUT2D eigenvalue weighted by Crippen LogP contribution is 2.27. The third-order valence-electron chi connectivity index (χ3n) is 3.46. The molecule has 1 N–H and O–H groups in total. The van der Waals surface area contributed by atoms with Crippen molar-refractivity contribution in [2.45, 2.75) is 33.7 Å². The molecular formula is C16H20ClN3O2. The predicted molar refractivity (Wildman–Crippen MR) is 88.0 cm³/mol. The molecule has 1 aromatic carbocycles. The molecule has 0 aliphatic carbocycles. The van der Waals surface area contributed by atoms with Gasteiger partial charge in [-0.25, -0.2) is 0 Å². The molecule has 22 heavy (non-hydrogen) atoms. The zero-order chi connectivity index (χ0) is 16.4. The second kappa shape index (κ2) is 6.40. The van der Waals surface area contributed by atoms with Gasteiger partial charge in [-0.15, -0.1) is 0 Å². The number of aromatic nitrogens is 2. The van der Waals surface area contributed by atoms with Gasteiger partial charge >= 0.3 is 0 Å². The number of rotatable bonds is 4. The molecule has 118 valence electrons. The monoisotopic (exact) mass is 321 g/mol. The third kappa shape index (κ3) is 3.09. The van der Waals surface area contributed by atoms with E-state index in [1.807, 2.05) is 32.4 Å². The quantitative estimate of drug-likeness (QED) is 0.926. The number of nitrogens with one attached hydrogen (secondary N) is 1. The summed E-state index contributed by atoms with van der Waals surface area (Å²) in [6.45, 7) is 7.91. The molecule has 0 bridgehead atoms. The Morgan fingerprint density at radius 2 is 2.05 bits per heavy atom. The molecule has 0 spiro atoms. The van der Waals surface area contributed by atoms with Crippen LogP contribution in [-0.4, -0.2) is 22.8 Å². The molecule has 0 atom stereocenters. The van der Waals surface area contributed by atoms with E-state index in [0.29, 0.717) is 16.3 Å². The molecule has 0 saturated carbocycles. The van der Waals surface area contributed by atoms with Crippen LogP contribution in [0.25, 0.3) is 0 Å². The van der Waals surface area contributed by atoms with Gasteiger partial charge in [-0.1, -0.05) is 11.6 Å². The largest absolute Gasteiger partial charge is 0.496 e. The summed E-state index contributed by atoms with van der Waals surface area (Å²) in [6, 6.07) is 5.16. The van der Waals surface area contributed by atoms with Crippen LogP contribution in [0.4, 0.5) is 5.69 Å². The lowest BCUT2D eigenvalue weighted by Gasteiger charge is -2.11. The zero-order valence-corrected chi connectivity index (χ0v) is 14.2. The van der Waals surface area contributed by atoms with Gasteiger partial charge in [0, 0.05) is 11.1 Å². The minimum absolute atomic E-state index is 0.231. The third-order valence-corrected chi connectivity index (χ3v) is 3.70. The molecule has 0 radical (unpaired) electrons. The Kier molecular flexibility index (Phi) is 4.76. The van der Waals surface area contributed by atoms with Crippen molar-refractivity contribution >= 4 is 23.2 Å². The number of hydrogen-bond donors (Lipinski definition) is 1. The number of benzene rings is 1. The summed E-state index contributed by atoms with van der Waals surface area (Å²) in [7, 11) is 1.51. The molecule has 1 heterocycles. The van der Waals surface area contributed by atoms with E-state index in [4.69, 9.17) is 16.3 Å². The maximum absolute atomic E-state index is 12.5. The van der Waals surface area contributed by atoms with Crippen LogP contribution in [0.3, 0.4) is 0 Å². The van der Waals surface area contributed by atoms with E-state index in [2.05, 4.69) is 10.4 Å². The smallest absolute Gasteiger partial charge is 0.259 e. The van der Waals surface area contributed by atoms with Crippen molar-refractivity contribution in [1.82, 2.24) is 9.78 Å². The molecule has 0 aliphatic heterocycles. The number of methoxy groups -OCH3 is 1. The number of carbonyl (C=O) groups is 1. The van der Waals surface area contributed by atoms with E-state index in [1.54, 1.807) is 18.2 Å². The molecule has 0 saturated heterocycles. The summed E-state index contributed by atoms with van der Waals surface area (Å²) in [5.74, 6) is 0.194. The van der Waals surface area contributed by atoms with Gasteiger partial charge in [0.2, 0.25) is 0 Å². The molecule has 2 rings (SSSR count). The molecular weight excluding hydrogens is 302 g/mol. The van der Waals surface area contributed by atoms with Gasteiger partial charge in [0.15, 0.2) is 0 Å². The first-order valence-corrected chi connectivity index (χ1v) is 7.43. The zero-order valence-electron chi connectivity index (χ0n) is 13.4. The van der Waals surface area contributed by atoms with E-state index < -0.39 is 0 Å². The number of hydrogen-bond acceptors (Lipinski definition) is 3. The fourth-order valence-corrected chi connectivity index (χ4v) is 2.54. The summed E-state index contributed by atoms with van der Waals surface area (Å²) < 4.78 is 7.12. The van der Waals surface area contributed by atoms with Crippen LogP contribution in [0, 0.1) is 13.8 Å². The van der Waals surface area contributed by atoms with Crippen molar-refractivity contribution in [3.63, 3.8) is 0 Å². The average molecular weight is 322 g/mol. The number of aryl methyl sites for hydroxylation is 1. The van der Waals surface area contributed by atoms with Crippen LogP contribution in [0.15, 0.2) is 18.2 Å². The summed E-state index contributed by atoms with van der Waals surface area (Å²) in [5.41, 5.74) is 2.87. The molecule has 2 aromatic rings. The first kappa shape index (κ1) is 16.4. The summed E-state index contributed by atoms with van der Waals surface area (Å²) >= 11 is 5.92. The minimum Gasteiger partial charge on any atom is -0.496 e. The van der Waals surface area contributed by atoms with Crippen LogP contribution in [0.5, 0.6) is 5.75 Å². The van der Waals surface area contributed by atoms with E-state index in [0.717, 1.165) is 17.1 Å². The molecule has 0 unspecified atom stereocenters. The van der Waals surface area contributed by atoms with Gasteiger partial charge in [-0.05, 0) is 45.9 Å². The average Bonchev–Trinajstić information content (AvgIpc) is 2.75. The Morgan fingerprint density at radius 3 is 2.59 bits per heavy atom. The van der Waals surface area contributed by atoms with E-state index in [1.165, 1.54) is 7.11 Å². The van der Waals surface area contributed by atoms with Crippen molar-refractivity contribution in [2.24, 2.45) is 0 Å². The van der Waals surface area contributed by atoms with Gasteiger partial charge in [-0.3, -0.25) is 9.48 Å². The van der Waals surface area contributed by atoms with E-state index in [9.17, 15) is 4.79 Å². The van der Waals surface area contributed by atoms with Crippen molar-refractivity contribution < 1.29 is 9.53 Å². The second-order valence-corrected chi connectivity index (χ2v) is 5.82. The number of amides is 1. The van der Waals surface area contributed by atoms with Gasteiger partial charge in [0.1, 0.15) is 5.75 Å². The van der Waals surface area contributed by atoms with Crippen molar-refractivity contribution in [2.75, 3.05) is 12.4 Å². The summed E-state index contributed by atoms with van der Waals surface area (Å²) in [6.07, 6.45) is 0. The fraction of sp³-hybridized carbons (Fsp3) is 0.375. The summed E-state index contributed by atoms with van der Waals surface area (Å²) in [5, 5.41) is 7.90. The second-order valence-electron chi connectivity index (χ2n) is 5.38. The predicted octanol–water partition coefficient (Wildman–Crippen LogP) is 4.00. The maximum Gasteiger partial charge on any atom is 0.259 e. The first-order chi connectivity index (χ1) is 10.3. The number of halogens is 1. The maximum atomic E-state index is 12.5. The van der Waals surface area contributed by atoms with Crippen molar-refractivity contribution in [1.29, 1.82) is 0 Å². The van der Waals surface area contributed by atoms with Crippen LogP contribution < -0.4 is 10.1 Å². The SMILES string of the molecule is COc1cc(Cl)ccc1C(=O)Nc1c(C)nn(C(C)C)c1C. The number of ether oxygens (including phenoxy) is 1. The van der Waals surface area contributed by atoms with Gasteiger partial charge in [0.05, 0.1) is 29.7 Å². The lowest BCUT2D eigenvalue weighted by Crippen LogP contribution is -2.14. The van der Waals surface area contributed by atoms with Crippen LogP contribution >= 0.6 is 11.6 Å². The first-order valence-electron chi connectivity index (χ1n) is 7.05. The molecule has 5 nitrogen and oxygen atoms in total. The Bertz CT molecular complexity index is 708. The fourth-order valence-electron chi connectivity index (χ4n) is 2.38. The molecule has 6 heteroatoms. The number of nitrogens with zero attached hydrogens (tertiary/aromatic N) is 2. The van der Waals surface area contributed by atoms with Crippen molar-refractivity contribution in [3.8, 4) is 5.75 Å². The number of carbonyl (C=O) groups excluding carboxylic acids is 1. The Balaban J connectivity index is 2.34. The normalized spacial score (nSPS) is 10.9. The molecule has 1 aromatic heterocycles. The molecule has 0 aliphatic rings. The highest BCUT2D eigenvalue weighted by molar-refractivity contribution is 6.31. The van der Waals surface area contributed by atoms with Crippen molar-refractivity contribution in [3.05, 3.63) is 40.2 Å². The Morgan fingerprint density at radius 1 is 1.36 bits per heavy atom. The van der Waals surface area contributed by atoms with E-state index in [-0.39, 0.29) is 11.9 Å². The Hall–Kier alpha value is -2.01. The number of anilines is 1. The standard InChI is InChI=1S/C16H20ClN3O2/c1-9(2)20-11(4)15(10(3)19-20)18-16(21)13-7-6-12(17)8-14(13)22-5/h6-9H,1-5H3,(H,18,21). The van der Waals surface area contributed by atoms with Gasteiger partial charge < -0.3 is 10.1 Å².